The molecule has 1 aliphatic heterocycles. The molecule has 48 heavy (non-hydrogen) atoms. The third-order valence-corrected chi connectivity index (χ3v) is 8.37. The van der Waals surface area contributed by atoms with Crippen molar-refractivity contribution in [2.24, 2.45) is 0 Å². The smallest absolute Gasteiger partial charge is 0.329 e. The topological polar surface area (TPSA) is 81.7 Å². The molecule has 0 atom stereocenters. The number of hydrogen-bond donors (Lipinski definition) is 1. The molecule has 1 N–H and O–H groups in total. The minimum atomic E-state index is -4.70. The third kappa shape index (κ3) is 9.02. The van der Waals surface area contributed by atoms with Gasteiger partial charge in [0.2, 0.25) is 5.95 Å². The Hall–Kier alpha value is -4.68. The zero-order valence-electron chi connectivity index (χ0n) is 27.1. The molecule has 0 aliphatic carbocycles. The Morgan fingerprint density at radius 1 is 0.917 bits per heavy atom. The predicted molar refractivity (Wildman–Crippen MR) is 177 cm³/mol. The van der Waals surface area contributed by atoms with Crippen LogP contribution in [0.2, 0.25) is 0 Å². The van der Waals surface area contributed by atoms with Gasteiger partial charge >= 0.3 is 6.18 Å². The molecule has 1 saturated heterocycles. The molecule has 12 heteroatoms. The van der Waals surface area contributed by atoms with E-state index in [0.717, 1.165) is 49.6 Å². The molecular formula is C36H38F4N6O2. The number of benzene rings is 3. The Morgan fingerprint density at radius 2 is 1.62 bits per heavy atom. The van der Waals surface area contributed by atoms with Crippen LogP contribution in [-0.4, -0.2) is 71.6 Å². The number of nitrogens with one attached hydrogen (secondary N) is 1. The van der Waals surface area contributed by atoms with Crippen LogP contribution < -0.4 is 10.2 Å². The summed E-state index contributed by atoms with van der Waals surface area (Å²) in [4.78, 5) is 41.0. The summed E-state index contributed by atoms with van der Waals surface area (Å²) < 4.78 is 52.9. The minimum Gasteiger partial charge on any atom is -0.329 e. The van der Waals surface area contributed by atoms with Crippen molar-refractivity contribution < 1.29 is 27.2 Å². The molecule has 1 aliphatic rings. The van der Waals surface area contributed by atoms with E-state index in [4.69, 9.17) is 0 Å². The maximum absolute atomic E-state index is 13.7. The number of piperazine rings is 1. The summed E-state index contributed by atoms with van der Waals surface area (Å²) in [6.07, 6.45) is -2.99. The fourth-order valence-corrected chi connectivity index (χ4v) is 5.62. The monoisotopic (exact) mass is 662 g/mol. The number of likely N-dealkylation sites (N-methyl/N-ethyl adjacent to an activating group) is 1. The van der Waals surface area contributed by atoms with E-state index in [2.05, 4.69) is 32.1 Å². The number of carbonyl (C=O) groups excluding carboxylic acids is 2. The molecule has 3 aromatic carbocycles. The Labute approximate surface area is 277 Å². The van der Waals surface area contributed by atoms with Gasteiger partial charge in [-0.3, -0.25) is 14.5 Å². The third-order valence-electron chi connectivity index (χ3n) is 8.37. The lowest BCUT2D eigenvalue weighted by Crippen LogP contribution is -2.44. The van der Waals surface area contributed by atoms with Crippen molar-refractivity contribution in [3.05, 3.63) is 107 Å². The molecule has 0 saturated carbocycles. The molecule has 0 spiro atoms. The maximum atomic E-state index is 13.7. The molecule has 4 aromatic rings. The van der Waals surface area contributed by atoms with Crippen molar-refractivity contribution in [1.29, 1.82) is 0 Å². The summed E-state index contributed by atoms with van der Waals surface area (Å²) in [7, 11) is 3.95. The number of nitrogens with zero attached hydrogens (tertiary/aromatic N) is 5. The van der Waals surface area contributed by atoms with Gasteiger partial charge in [-0.15, -0.1) is 0 Å². The molecule has 1 fully saturated rings. The summed E-state index contributed by atoms with van der Waals surface area (Å²) in [6, 6.07) is 16.8. The summed E-state index contributed by atoms with van der Waals surface area (Å²) >= 11 is 0. The van der Waals surface area contributed by atoms with Crippen molar-refractivity contribution in [3.8, 4) is 0 Å². The first kappa shape index (κ1) is 34.6. The lowest BCUT2D eigenvalue weighted by Gasteiger charge is -2.32. The van der Waals surface area contributed by atoms with E-state index in [1.54, 1.807) is 24.4 Å². The fourth-order valence-electron chi connectivity index (χ4n) is 5.62. The maximum Gasteiger partial charge on any atom is 0.416 e. The normalized spacial score (nSPS) is 14.1. The zero-order chi connectivity index (χ0) is 34.4. The van der Waals surface area contributed by atoms with Gasteiger partial charge in [0, 0.05) is 82.2 Å². The molecule has 0 bridgehead atoms. The van der Waals surface area contributed by atoms with Crippen LogP contribution in [0.1, 0.15) is 46.0 Å². The standard InChI is InChI=1S/C36H38F4N6O2/c1-4-33(48)32-22-29(8-7-26(32)23-46-15-13-44(2)14-16-46)42-35-41-12-11-34(43-35)45(3)30-9-5-24(6-10-30)19-31(47)20-25-17-27(36(38,39)40)21-28(37)18-25/h5-12,17-18,21-22H,4,13-16,19-20,23H2,1-3H3,(H,41,42,43). The first-order valence-electron chi connectivity index (χ1n) is 15.8. The Balaban J connectivity index is 1.23. The fraction of sp³-hybridized carbons (Fsp3) is 0.333. The highest BCUT2D eigenvalue weighted by molar-refractivity contribution is 5.98. The zero-order valence-corrected chi connectivity index (χ0v) is 27.1. The molecule has 0 radical (unpaired) electrons. The number of halogens is 4. The van der Waals surface area contributed by atoms with Crippen molar-refractivity contribution in [1.82, 2.24) is 19.8 Å². The average molecular weight is 663 g/mol. The quantitative estimate of drug-likeness (QED) is 0.131. The highest BCUT2D eigenvalue weighted by Crippen LogP contribution is 2.31. The van der Waals surface area contributed by atoms with Crippen molar-refractivity contribution in [2.45, 2.75) is 38.9 Å². The number of ketones is 2. The van der Waals surface area contributed by atoms with E-state index in [9.17, 15) is 27.2 Å². The number of anilines is 4. The largest absolute Gasteiger partial charge is 0.416 e. The summed E-state index contributed by atoms with van der Waals surface area (Å²) in [6.45, 7) is 6.48. The first-order chi connectivity index (χ1) is 22.9. The second-order valence-corrected chi connectivity index (χ2v) is 12.1. The van der Waals surface area contributed by atoms with Gasteiger partial charge in [-0.25, -0.2) is 9.37 Å². The number of carbonyl (C=O) groups is 2. The van der Waals surface area contributed by atoms with Gasteiger partial charge in [0.25, 0.3) is 0 Å². The average Bonchev–Trinajstić information content (AvgIpc) is 3.05. The van der Waals surface area contributed by atoms with Gasteiger partial charge in [-0.2, -0.15) is 18.2 Å². The van der Waals surface area contributed by atoms with E-state index in [-0.39, 0.29) is 30.0 Å². The summed E-state index contributed by atoms with van der Waals surface area (Å²) in [5.74, 6) is -0.341. The van der Waals surface area contributed by atoms with Gasteiger partial charge in [0.1, 0.15) is 17.4 Å². The number of aromatic nitrogens is 2. The van der Waals surface area contributed by atoms with Crippen LogP contribution in [0.15, 0.2) is 72.9 Å². The second kappa shape index (κ2) is 15.0. The molecule has 0 unspecified atom stereocenters. The van der Waals surface area contributed by atoms with Gasteiger partial charge in [-0.05, 0) is 72.3 Å². The van der Waals surface area contributed by atoms with Crippen LogP contribution in [0.4, 0.5) is 40.7 Å². The number of alkyl halides is 3. The minimum absolute atomic E-state index is 0.0138. The van der Waals surface area contributed by atoms with E-state index in [1.807, 2.05) is 49.2 Å². The highest BCUT2D eigenvalue weighted by atomic mass is 19.4. The van der Waals surface area contributed by atoms with Crippen molar-refractivity contribution in [3.63, 3.8) is 0 Å². The first-order valence-corrected chi connectivity index (χ1v) is 15.8. The molecule has 0 amide bonds. The van der Waals surface area contributed by atoms with E-state index in [1.165, 1.54) is 0 Å². The highest BCUT2D eigenvalue weighted by Gasteiger charge is 2.31. The van der Waals surface area contributed by atoms with Crippen LogP contribution in [0.3, 0.4) is 0 Å². The summed E-state index contributed by atoms with van der Waals surface area (Å²) in [5, 5.41) is 3.23. The van der Waals surface area contributed by atoms with Crippen LogP contribution in [-0.2, 0) is 30.4 Å². The van der Waals surface area contributed by atoms with Gasteiger partial charge < -0.3 is 15.1 Å². The molecule has 2 heterocycles. The lowest BCUT2D eigenvalue weighted by molar-refractivity contribution is -0.138. The lowest BCUT2D eigenvalue weighted by atomic mass is 10.0. The molecule has 252 valence electrons. The molecule has 5 rings (SSSR count). The number of rotatable bonds is 12. The Bertz CT molecular complexity index is 1750. The Kier molecular flexibility index (Phi) is 10.9. The summed E-state index contributed by atoms with van der Waals surface area (Å²) in [5.41, 5.74) is 2.70. The van der Waals surface area contributed by atoms with Crippen molar-refractivity contribution >= 4 is 34.7 Å². The SMILES string of the molecule is CCC(=O)c1cc(Nc2nccc(N(C)c3ccc(CC(=O)Cc4cc(F)cc(C(F)(F)F)c4)cc3)n2)ccc1CN1CCN(C)CC1. The Morgan fingerprint density at radius 3 is 2.31 bits per heavy atom. The number of hydrogen-bond acceptors (Lipinski definition) is 8. The number of Topliss-reactive ketones (excluding diaryl/α,β-unsaturated/α-hetero) is 2. The second-order valence-electron chi connectivity index (χ2n) is 12.1. The molecule has 1 aromatic heterocycles. The van der Waals surface area contributed by atoms with Crippen LogP contribution in [0.5, 0.6) is 0 Å². The van der Waals surface area contributed by atoms with E-state index < -0.39 is 17.6 Å². The van der Waals surface area contributed by atoms with Gasteiger partial charge in [0.05, 0.1) is 5.56 Å². The van der Waals surface area contributed by atoms with E-state index >= 15 is 0 Å². The molecule has 8 nitrogen and oxygen atoms in total. The van der Waals surface area contributed by atoms with Crippen LogP contribution >= 0.6 is 0 Å². The van der Waals surface area contributed by atoms with Gasteiger partial charge in [-0.1, -0.05) is 25.1 Å². The molecular weight excluding hydrogens is 624 g/mol. The van der Waals surface area contributed by atoms with Crippen molar-refractivity contribution in [2.75, 3.05) is 50.5 Å². The van der Waals surface area contributed by atoms with Crippen LogP contribution in [0, 0.1) is 5.82 Å². The van der Waals surface area contributed by atoms with Gasteiger partial charge in [0.15, 0.2) is 5.78 Å². The van der Waals surface area contributed by atoms with E-state index in [0.29, 0.717) is 47.6 Å². The van der Waals surface area contributed by atoms with Crippen LogP contribution in [0.25, 0.3) is 0 Å². The predicted octanol–water partition coefficient (Wildman–Crippen LogP) is 6.84.